The molecule has 0 aromatic carbocycles. The van der Waals surface area contributed by atoms with Crippen LogP contribution in [0.2, 0.25) is 0 Å². The smallest absolute Gasteiger partial charge is 0.308 e. The zero-order valence-corrected chi connectivity index (χ0v) is 8.60. The summed E-state index contributed by atoms with van der Waals surface area (Å²) in [5, 5.41) is 12.2. The van der Waals surface area contributed by atoms with Crippen molar-refractivity contribution in [1.29, 1.82) is 0 Å². The highest BCUT2D eigenvalue weighted by Crippen LogP contribution is 2.28. The molecule has 0 saturated carbocycles. The number of pyridine rings is 1. The third kappa shape index (κ3) is 1.99. The molecule has 15 heavy (non-hydrogen) atoms. The largest absolute Gasteiger partial charge is 0.481 e. The van der Waals surface area contributed by atoms with E-state index in [1.54, 1.807) is 12.4 Å². The number of nitrogens with zero attached hydrogens (tertiary/aromatic N) is 1. The fraction of sp³-hybridized carbons (Fsp3) is 0.455. The first-order valence-corrected chi connectivity index (χ1v) is 5.03. The van der Waals surface area contributed by atoms with Gasteiger partial charge in [0.1, 0.15) is 0 Å². The molecule has 1 fully saturated rings. The SMILES string of the molecule is Cc1cncc(C2CNCC2C(=O)O)c1. The molecule has 2 heterocycles. The highest BCUT2D eigenvalue weighted by Gasteiger charge is 2.33. The van der Waals surface area contributed by atoms with Crippen molar-refractivity contribution >= 4 is 5.97 Å². The van der Waals surface area contributed by atoms with Crippen molar-refractivity contribution in [3.8, 4) is 0 Å². The Morgan fingerprint density at radius 3 is 3.00 bits per heavy atom. The molecular weight excluding hydrogens is 192 g/mol. The van der Waals surface area contributed by atoms with Crippen LogP contribution in [0.5, 0.6) is 0 Å². The van der Waals surface area contributed by atoms with Gasteiger partial charge in [0, 0.05) is 31.4 Å². The third-order valence-electron chi connectivity index (χ3n) is 2.86. The van der Waals surface area contributed by atoms with E-state index in [1.807, 2.05) is 13.0 Å². The van der Waals surface area contributed by atoms with E-state index >= 15 is 0 Å². The van der Waals surface area contributed by atoms with E-state index in [2.05, 4.69) is 10.3 Å². The lowest BCUT2D eigenvalue weighted by Gasteiger charge is -2.14. The Morgan fingerprint density at radius 1 is 1.53 bits per heavy atom. The maximum Gasteiger partial charge on any atom is 0.308 e. The Balaban J connectivity index is 2.26. The van der Waals surface area contributed by atoms with E-state index in [4.69, 9.17) is 5.11 Å². The normalized spacial score (nSPS) is 25.4. The van der Waals surface area contributed by atoms with Gasteiger partial charge in [-0.3, -0.25) is 9.78 Å². The maximum atomic E-state index is 11.0. The Kier molecular flexibility index (Phi) is 2.68. The van der Waals surface area contributed by atoms with Crippen molar-refractivity contribution in [2.45, 2.75) is 12.8 Å². The number of hydrogen-bond acceptors (Lipinski definition) is 3. The van der Waals surface area contributed by atoms with Gasteiger partial charge < -0.3 is 10.4 Å². The summed E-state index contributed by atoms with van der Waals surface area (Å²) < 4.78 is 0. The molecule has 1 aromatic heterocycles. The van der Waals surface area contributed by atoms with E-state index in [1.165, 1.54) is 0 Å². The summed E-state index contributed by atoms with van der Waals surface area (Å²) in [5.74, 6) is -1.00. The van der Waals surface area contributed by atoms with Gasteiger partial charge in [0.2, 0.25) is 0 Å². The molecule has 2 atom stereocenters. The first-order chi connectivity index (χ1) is 7.18. The van der Waals surface area contributed by atoms with Crippen LogP contribution in [0.4, 0.5) is 0 Å². The molecule has 1 aliphatic rings. The molecule has 0 aliphatic carbocycles. The number of rotatable bonds is 2. The van der Waals surface area contributed by atoms with Crippen LogP contribution >= 0.6 is 0 Å². The molecule has 1 saturated heterocycles. The molecule has 0 bridgehead atoms. The minimum Gasteiger partial charge on any atom is -0.481 e. The second kappa shape index (κ2) is 3.98. The van der Waals surface area contributed by atoms with Crippen LogP contribution < -0.4 is 5.32 Å². The number of hydrogen-bond donors (Lipinski definition) is 2. The van der Waals surface area contributed by atoms with Crippen LogP contribution in [0.3, 0.4) is 0 Å². The highest BCUT2D eigenvalue weighted by atomic mass is 16.4. The molecule has 80 valence electrons. The van der Waals surface area contributed by atoms with Gasteiger partial charge in [-0.2, -0.15) is 0 Å². The summed E-state index contributed by atoms with van der Waals surface area (Å²) in [6.45, 7) is 3.24. The topological polar surface area (TPSA) is 62.2 Å². The number of nitrogens with one attached hydrogen (secondary N) is 1. The van der Waals surface area contributed by atoms with Crippen molar-refractivity contribution in [3.63, 3.8) is 0 Å². The van der Waals surface area contributed by atoms with Gasteiger partial charge >= 0.3 is 5.97 Å². The first kappa shape index (κ1) is 10.1. The predicted molar refractivity (Wildman–Crippen MR) is 55.7 cm³/mol. The van der Waals surface area contributed by atoms with E-state index in [0.29, 0.717) is 6.54 Å². The molecule has 2 N–H and O–H groups in total. The zero-order chi connectivity index (χ0) is 10.8. The molecule has 1 aromatic rings. The summed E-state index contributed by atoms with van der Waals surface area (Å²) in [6, 6.07) is 2.01. The molecule has 0 amide bonds. The number of aryl methyl sites for hydroxylation is 1. The second-order valence-electron chi connectivity index (χ2n) is 4.01. The number of aromatic nitrogens is 1. The lowest BCUT2D eigenvalue weighted by atomic mass is 9.89. The van der Waals surface area contributed by atoms with Gasteiger partial charge in [-0.15, -0.1) is 0 Å². The van der Waals surface area contributed by atoms with Crippen molar-refractivity contribution in [2.24, 2.45) is 5.92 Å². The van der Waals surface area contributed by atoms with E-state index in [9.17, 15) is 4.79 Å². The third-order valence-corrected chi connectivity index (χ3v) is 2.86. The van der Waals surface area contributed by atoms with Crippen LogP contribution in [0.25, 0.3) is 0 Å². The van der Waals surface area contributed by atoms with Crippen molar-refractivity contribution in [2.75, 3.05) is 13.1 Å². The standard InChI is InChI=1S/C11H14N2O2/c1-7-2-8(4-12-3-7)9-5-13-6-10(9)11(14)15/h2-4,9-10,13H,5-6H2,1H3,(H,14,15). The molecule has 0 spiro atoms. The average molecular weight is 206 g/mol. The maximum absolute atomic E-state index is 11.0. The van der Waals surface area contributed by atoms with Gasteiger partial charge in [0.05, 0.1) is 5.92 Å². The van der Waals surface area contributed by atoms with Gasteiger partial charge in [-0.25, -0.2) is 0 Å². The Morgan fingerprint density at radius 2 is 2.33 bits per heavy atom. The quantitative estimate of drug-likeness (QED) is 0.750. The van der Waals surface area contributed by atoms with Crippen LogP contribution in [0.15, 0.2) is 18.5 Å². The lowest BCUT2D eigenvalue weighted by Crippen LogP contribution is -2.21. The molecule has 4 nitrogen and oxygen atoms in total. The van der Waals surface area contributed by atoms with Gasteiger partial charge in [0.15, 0.2) is 0 Å². The Labute approximate surface area is 88.3 Å². The fourth-order valence-electron chi connectivity index (χ4n) is 2.07. The van der Waals surface area contributed by atoms with E-state index < -0.39 is 5.97 Å². The molecule has 4 heteroatoms. The summed E-state index contributed by atoms with van der Waals surface area (Å²) in [4.78, 5) is 15.1. The monoisotopic (exact) mass is 206 g/mol. The average Bonchev–Trinajstić information content (AvgIpc) is 2.65. The van der Waals surface area contributed by atoms with Crippen molar-refractivity contribution in [3.05, 3.63) is 29.6 Å². The minimum atomic E-state index is -0.730. The number of aliphatic carboxylic acids is 1. The lowest BCUT2D eigenvalue weighted by molar-refractivity contribution is -0.141. The van der Waals surface area contributed by atoms with Gasteiger partial charge in [0.25, 0.3) is 0 Å². The van der Waals surface area contributed by atoms with Crippen molar-refractivity contribution < 1.29 is 9.90 Å². The molecule has 1 aliphatic heterocycles. The Bertz CT molecular complexity index is 379. The zero-order valence-electron chi connectivity index (χ0n) is 8.60. The first-order valence-electron chi connectivity index (χ1n) is 5.03. The summed E-state index contributed by atoms with van der Waals surface area (Å²) in [5.41, 5.74) is 2.09. The van der Waals surface area contributed by atoms with E-state index in [0.717, 1.165) is 17.7 Å². The number of carboxylic acids is 1. The summed E-state index contributed by atoms with van der Waals surface area (Å²) in [7, 11) is 0. The second-order valence-corrected chi connectivity index (χ2v) is 4.01. The molecule has 0 radical (unpaired) electrons. The minimum absolute atomic E-state index is 0.0508. The summed E-state index contributed by atoms with van der Waals surface area (Å²) >= 11 is 0. The van der Waals surface area contributed by atoms with Crippen molar-refractivity contribution in [1.82, 2.24) is 10.3 Å². The molecule has 2 rings (SSSR count). The molecule has 2 unspecified atom stereocenters. The van der Waals surface area contributed by atoms with Gasteiger partial charge in [-0.1, -0.05) is 6.07 Å². The van der Waals surface area contributed by atoms with Crippen LogP contribution in [0, 0.1) is 12.8 Å². The van der Waals surface area contributed by atoms with Crippen LogP contribution in [0.1, 0.15) is 17.0 Å². The molecular formula is C11H14N2O2. The fourth-order valence-corrected chi connectivity index (χ4v) is 2.07. The van der Waals surface area contributed by atoms with E-state index in [-0.39, 0.29) is 11.8 Å². The number of carboxylic acid groups (broad SMARTS) is 1. The van der Waals surface area contributed by atoms with Gasteiger partial charge in [-0.05, 0) is 18.1 Å². The highest BCUT2D eigenvalue weighted by molar-refractivity contribution is 5.72. The van der Waals surface area contributed by atoms with Crippen LogP contribution in [-0.2, 0) is 4.79 Å². The summed E-state index contributed by atoms with van der Waals surface area (Å²) in [6.07, 6.45) is 3.54. The predicted octanol–water partition coefficient (Wildman–Crippen LogP) is 0.778. The number of carbonyl (C=O) groups is 1. The van der Waals surface area contributed by atoms with Crippen LogP contribution in [-0.4, -0.2) is 29.1 Å². The Hall–Kier alpha value is -1.42.